The molecule has 3 rings (SSSR count). The summed E-state index contributed by atoms with van der Waals surface area (Å²) >= 11 is 1.19. The van der Waals surface area contributed by atoms with Crippen molar-refractivity contribution in [2.45, 2.75) is 23.6 Å². The maximum atomic E-state index is 13.6. The van der Waals surface area contributed by atoms with Crippen molar-refractivity contribution < 1.29 is 17.6 Å². The summed E-state index contributed by atoms with van der Waals surface area (Å²) in [6, 6.07) is 9.61. The van der Waals surface area contributed by atoms with E-state index in [2.05, 4.69) is 5.32 Å². The maximum absolute atomic E-state index is 13.6. The molecule has 0 bridgehead atoms. The van der Waals surface area contributed by atoms with Crippen molar-refractivity contribution in [2.24, 2.45) is 5.92 Å². The molecule has 1 N–H and O–H groups in total. The summed E-state index contributed by atoms with van der Waals surface area (Å²) in [5.41, 5.74) is 0.438. The number of carbonyl (C=O) groups is 1. The van der Waals surface area contributed by atoms with Gasteiger partial charge in [0.25, 0.3) is 10.0 Å². The number of piperidine rings is 1. The normalized spacial score (nSPS) is 16.7. The van der Waals surface area contributed by atoms with Crippen molar-refractivity contribution >= 4 is 27.3 Å². The molecule has 1 aliphatic heterocycles. The fourth-order valence-corrected chi connectivity index (χ4v) is 5.48. The van der Waals surface area contributed by atoms with Crippen LogP contribution in [0.2, 0.25) is 0 Å². The predicted octanol–water partition coefficient (Wildman–Crippen LogP) is 2.60. The molecular weight excluding hydrogens is 363 g/mol. The van der Waals surface area contributed by atoms with Crippen LogP contribution in [0.1, 0.15) is 18.4 Å². The first kappa shape index (κ1) is 18.0. The number of sulfonamides is 1. The highest BCUT2D eigenvalue weighted by molar-refractivity contribution is 7.91. The Balaban J connectivity index is 1.54. The molecule has 1 amide bonds. The quantitative estimate of drug-likeness (QED) is 0.864. The lowest BCUT2D eigenvalue weighted by atomic mass is 9.97. The van der Waals surface area contributed by atoms with E-state index >= 15 is 0 Å². The number of halogens is 1. The Kier molecular flexibility index (Phi) is 5.51. The summed E-state index contributed by atoms with van der Waals surface area (Å²) in [5, 5.41) is 4.48. The van der Waals surface area contributed by atoms with Gasteiger partial charge in [-0.1, -0.05) is 24.3 Å². The van der Waals surface area contributed by atoms with Crippen molar-refractivity contribution in [3.63, 3.8) is 0 Å². The van der Waals surface area contributed by atoms with Crippen LogP contribution in [0.3, 0.4) is 0 Å². The average molecular weight is 382 g/mol. The van der Waals surface area contributed by atoms with E-state index in [1.54, 1.807) is 35.7 Å². The highest BCUT2D eigenvalue weighted by Crippen LogP contribution is 2.26. The van der Waals surface area contributed by atoms with Crippen molar-refractivity contribution in [3.8, 4) is 0 Å². The first-order valence-corrected chi connectivity index (χ1v) is 10.4. The second-order valence-electron chi connectivity index (χ2n) is 5.92. The largest absolute Gasteiger partial charge is 0.352 e. The molecule has 1 fully saturated rings. The molecule has 0 aliphatic carbocycles. The number of hydrogen-bond donors (Lipinski definition) is 1. The number of carbonyl (C=O) groups excluding carboxylic acids is 1. The lowest BCUT2D eigenvalue weighted by Gasteiger charge is -2.30. The van der Waals surface area contributed by atoms with Crippen LogP contribution in [-0.4, -0.2) is 31.7 Å². The Morgan fingerprint density at radius 1 is 1.20 bits per heavy atom. The zero-order valence-corrected chi connectivity index (χ0v) is 15.2. The van der Waals surface area contributed by atoms with E-state index in [0.29, 0.717) is 35.7 Å². The van der Waals surface area contributed by atoms with Crippen molar-refractivity contribution in [2.75, 3.05) is 13.1 Å². The van der Waals surface area contributed by atoms with E-state index in [9.17, 15) is 17.6 Å². The van der Waals surface area contributed by atoms with Crippen LogP contribution < -0.4 is 5.32 Å². The summed E-state index contributed by atoms with van der Waals surface area (Å²) < 4.78 is 40.3. The number of thiophene rings is 1. The average Bonchev–Trinajstić information content (AvgIpc) is 3.16. The molecule has 2 heterocycles. The van der Waals surface area contributed by atoms with Gasteiger partial charge in [-0.05, 0) is 30.4 Å². The predicted molar refractivity (Wildman–Crippen MR) is 94.0 cm³/mol. The van der Waals surface area contributed by atoms with Gasteiger partial charge in [-0.25, -0.2) is 12.8 Å². The standard InChI is InChI=1S/C17H19FN2O3S2/c18-15-5-2-1-4-14(15)12-19-17(21)13-7-9-20(10-8-13)25(22,23)16-6-3-11-24-16/h1-6,11,13H,7-10,12H2,(H,19,21). The van der Waals surface area contributed by atoms with E-state index in [-0.39, 0.29) is 24.2 Å². The summed E-state index contributed by atoms with van der Waals surface area (Å²) in [5.74, 6) is -0.752. The van der Waals surface area contributed by atoms with Crippen molar-refractivity contribution in [1.29, 1.82) is 0 Å². The lowest BCUT2D eigenvalue weighted by Crippen LogP contribution is -2.42. The number of nitrogens with zero attached hydrogens (tertiary/aromatic N) is 1. The topological polar surface area (TPSA) is 66.5 Å². The summed E-state index contributed by atoms with van der Waals surface area (Å²) in [7, 11) is -3.46. The molecule has 134 valence electrons. The molecule has 0 spiro atoms. The Morgan fingerprint density at radius 3 is 2.56 bits per heavy atom. The monoisotopic (exact) mass is 382 g/mol. The summed E-state index contributed by atoms with van der Waals surface area (Å²) in [6.07, 6.45) is 0.932. The number of benzene rings is 1. The molecule has 0 saturated carbocycles. The number of amides is 1. The number of nitrogens with one attached hydrogen (secondary N) is 1. The van der Waals surface area contributed by atoms with Gasteiger partial charge in [0, 0.05) is 31.1 Å². The van der Waals surface area contributed by atoms with Crippen LogP contribution in [0, 0.1) is 11.7 Å². The third kappa shape index (κ3) is 4.08. The fourth-order valence-electron chi connectivity index (χ4n) is 2.86. The smallest absolute Gasteiger partial charge is 0.252 e. The zero-order chi connectivity index (χ0) is 17.9. The van der Waals surface area contributed by atoms with Crippen LogP contribution in [0.5, 0.6) is 0 Å². The molecular formula is C17H19FN2O3S2. The van der Waals surface area contributed by atoms with Gasteiger partial charge in [0.2, 0.25) is 5.91 Å². The molecule has 5 nitrogen and oxygen atoms in total. The van der Waals surface area contributed by atoms with E-state index in [1.165, 1.54) is 21.7 Å². The number of rotatable bonds is 5. The molecule has 25 heavy (non-hydrogen) atoms. The van der Waals surface area contributed by atoms with E-state index in [1.807, 2.05) is 0 Å². The van der Waals surface area contributed by atoms with Gasteiger partial charge in [-0.2, -0.15) is 4.31 Å². The third-order valence-corrected chi connectivity index (χ3v) is 7.60. The van der Waals surface area contributed by atoms with E-state index < -0.39 is 10.0 Å². The minimum atomic E-state index is -3.46. The van der Waals surface area contributed by atoms with Crippen LogP contribution in [-0.2, 0) is 21.4 Å². The molecule has 0 unspecified atom stereocenters. The summed E-state index contributed by atoms with van der Waals surface area (Å²) in [6.45, 7) is 0.773. The lowest BCUT2D eigenvalue weighted by molar-refractivity contribution is -0.126. The van der Waals surface area contributed by atoms with Crippen LogP contribution in [0.4, 0.5) is 4.39 Å². The first-order chi connectivity index (χ1) is 12.0. The molecule has 1 aromatic heterocycles. The van der Waals surface area contributed by atoms with Gasteiger partial charge in [-0.15, -0.1) is 11.3 Å². The van der Waals surface area contributed by atoms with Gasteiger partial charge in [0.05, 0.1) is 0 Å². The molecule has 0 radical (unpaired) electrons. The molecule has 2 aromatic rings. The molecule has 1 aliphatic rings. The maximum Gasteiger partial charge on any atom is 0.252 e. The zero-order valence-electron chi connectivity index (χ0n) is 13.5. The number of hydrogen-bond acceptors (Lipinski definition) is 4. The Bertz CT molecular complexity index is 829. The van der Waals surface area contributed by atoms with Gasteiger partial charge in [0.1, 0.15) is 10.0 Å². The first-order valence-electron chi connectivity index (χ1n) is 8.03. The summed E-state index contributed by atoms with van der Waals surface area (Å²) in [4.78, 5) is 12.3. The third-order valence-electron chi connectivity index (χ3n) is 4.32. The Labute approximate surface area is 150 Å². The molecule has 8 heteroatoms. The highest BCUT2D eigenvalue weighted by Gasteiger charge is 2.32. The van der Waals surface area contributed by atoms with Crippen molar-refractivity contribution in [1.82, 2.24) is 9.62 Å². The second-order valence-corrected chi connectivity index (χ2v) is 9.03. The van der Waals surface area contributed by atoms with E-state index in [4.69, 9.17) is 0 Å². The van der Waals surface area contributed by atoms with Crippen LogP contribution >= 0.6 is 11.3 Å². The van der Waals surface area contributed by atoms with Gasteiger partial charge in [-0.3, -0.25) is 4.79 Å². The van der Waals surface area contributed by atoms with Crippen LogP contribution in [0.15, 0.2) is 46.0 Å². The minimum Gasteiger partial charge on any atom is -0.352 e. The van der Waals surface area contributed by atoms with Gasteiger partial charge >= 0.3 is 0 Å². The van der Waals surface area contributed by atoms with Gasteiger partial charge in [0.15, 0.2) is 0 Å². The van der Waals surface area contributed by atoms with Crippen molar-refractivity contribution in [3.05, 3.63) is 53.2 Å². The SMILES string of the molecule is O=C(NCc1ccccc1F)C1CCN(S(=O)(=O)c2cccs2)CC1. The fraction of sp³-hybridized carbons (Fsp3) is 0.353. The molecule has 1 aromatic carbocycles. The second kappa shape index (κ2) is 7.63. The Hall–Kier alpha value is -1.77. The van der Waals surface area contributed by atoms with Crippen LogP contribution in [0.25, 0.3) is 0 Å². The Morgan fingerprint density at radius 2 is 1.92 bits per heavy atom. The molecule has 0 atom stereocenters. The highest BCUT2D eigenvalue weighted by atomic mass is 32.2. The van der Waals surface area contributed by atoms with E-state index in [0.717, 1.165) is 0 Å². The van der Waals surface area contributed by atoms with Gasteiger partial charge < -0.3 is 5.32 Å². The molecule has 1 saturated heterocycles. The minimum absolute atomic E-state index is 0.138.